The minimum atomic E-state index is -0.486. The van der Waals surface area contributed by atoms with Crippen LogP contribution >= 0.6 is 23.2 Å². The molecule has 0 aliphatic carbocycles. The zero-order chi connectivity index (χ0) is 14.5. The van der Waals surface area contributed by atoms with Crippen LogP contribution in [-0.4, -0.2) is 11.0 Å². The average Bonchev–Trinajstić information content (AvgIpc) is 2.38. The molecule has 0 spiro atoms. The van der Waals surface area contributed by atoms with Gasteiger partial charge in [0.1, 0.15) is 11.9 Å². The Morgan fingerprint density at radius 2 is 1.85 bits per heavy atom. The molecule has 0 atom stereocenters. The Balaban J connectivity index is 2.03. The first-order valence-corrected chi connectivity index (χ1v) is 6.22. The van der Waals surface area contributed by atoms with Crippen LogP contribution in [0.25, 0.3) is 0 Å². The molecule has 7 heteroatoms. The fraction of sp³-hybridized carbons (Fsp3) is 0. The van der Waals surface area contributed by atoms with E-state index >= 15 is 0 Å². The summed E-state index contributed by atoms with van der Waals surface area (Å²) in [6.07, 6.45) is 1.37. The lowest BCUT2D eigenvalue weighted by molar-refractivity contribution is 0.262. The minimum Gasteiger partial charge on any atom is -0.308 e. The molecule has 5 nitrogen and oxygen atoms in total. The van der Waals surface area contributed by atoms with E-state index in [0.717, 1.165) is 0 Å². The first kappa shape index (κ1) is 14.1. The van der Waals surface area contributed by atoms with Crippen LogP contribution in [0.5, 0.6) is 0 Å². The molecule has 0 bridgehead atoms. The summed E-state index contributed by atoms with van der Waals surface area (Å²) in [6.45, 7) is 0. The number of rotatable bonds is 2. The summed E-state index contributed by atoms with van der Waals surface area (Å²) < 4.78 is 0. The van der Waals surface area contributed by atoms with Gasteiger partial charge < -0.3 is 5.32 Å². The molecule has 100 valence electrons. The molecule has 0 fully saturated rings. The van der Waals surface area contributed by atoms with Crippen molar-refractivity contribution in [1.82, 2.24) is 4.98 Å². The van der Waals surface area contributed by atoms with Gasteiger partial charge in [-0.05, 0) is 30.3 Å². The Morgan fingerprint density at radius 3 is 2.40 bits per heavy atom. The zero-order valence-corrected chi connectivity index (χ0v) is 11.5. The SMILES string of the molecule is N#Cc1ccc(NC(=O)Nc2cc(Cl)cc(Cl)c2)nc1. The maximum Gasteiger partial charge on any atom is 0.324 e. The first-order valence-electron chi connectivity index (χ1n) is 5.47. The van der Waals surface area contributed by atoms with Gasteiger partial charge in [-0.1, -0.05) is 23.2 Å². The maximum atomic E-state index is 11.7. The third kappa shape index (κ3) is 3.85. The predicted molar refractivity (Wildman–Crippen MR) is 78.1 cm³/mol. The van der Waals surface area contributed by atoms with Gasteiger partial charge in [-0.15, -0.1) is 0 Å². The first-order chi connectivity index (χ1) is 9.56. The topological polar surface area (TPSA) is 77.8 Å². The van der Waals surface area contributed by atoms with Crippen molar-refractivity contribution < 1.29 is 4.79 Å². The fourth-order valence-electron chi connectivity index (χ4n) is 1.44. The van der Waals surface area contributed by atoms with Crippen LogP contribution in [0.2, 0.25) is 10.0 Å². The van der Waals surface area contributed by atoms with E-state index in [2.05, 4.69) is 15.6 Å². The van der Waals surface area contributed by atoms with Gasteiger partial charge in [-0.3, -0.25) is 5.32 Å². The van der Waals surface area contributed by atoms with Crippen LogP contribution in [0.3, 0.4) is 0 Å². The molecule has 0 saturated heterocycles. The smallest absolute Gasteiger partial charge is 0.308 e. The highest BCUT2D eigenvalue weighted by atomic mass is 35.5. The van der Waals surface area contributed by atoms with Gasteiger partial charge in [0.25, 0.3) is 0 Å². The summed E-state index contributed by atoms with van der Waals surface area (Å²) in [4.78, 5) is 15.7. The quantitative estimate of drug-likeness (QED) is 0.883. The summed E-state index contributed by atoms with van der Waals surface area (Å²) >= 11 is 11.7. The fourth-order valence-corrected chi connectivity index (χ4v) is 1.96. The average molecular weight is 307 g/mol. The van der Waals surface area contributed by atoms with Crippen molar-refractivity contribution in [2.24, 2.45) is 0 Å². The van der Waals surface area contributed by atoms with Crippen molar-refractivity contribution in [3.8, 4) is 6.07 Å². The Bertz CT molecular complexity index is 660. The number of amides is 2. The third-order valence-electron chi connectivity index (χ3n) is 2.25. The molecule has 2 aromatic rings. The van der Waals surface area contributed by atoms with Crippen LogP contribution in [0.4, 0.5) is 16.3 Å². The van der Waals surface area contributed by atoms with E-state index in [0.29, 0.717) is 27.1 Å². The van der Waals surface area contributed by atoms with Crippen LogP contribution in [0.1, 0.15) is 5.56 Å². The molecular weight excluding hydrogens is 299 g/mol. The number of carbonyl (C=O) groups is 1. The lowest BCUT2D eigenvalue weighted by atomic mass is 10.3. The number of halogens is 2. The summed E-state index contributed by atoms with van der Waals surface area (Å²) in [7, 11) is 0. The number of carbonyl (C=O) groups excluding carboxylic acids is 1. The predicted octanol–water partition coefficient (Wildman–Crippen LogP) is 3.90. The number of aromatic nitrogens is 1. The van der Waals surface area contributed by atoms with Crippen LogP contribution in [0.15, 0.2) is 36.5 Å². The number of benzene rings is 1. The minimum absolute atomic E-state index is 0.328. The lowest BCUT2D eigenvalue weighted by Crippen LogP contribution is -2.20. The van der Waals surface area contributed by atoms with Crippen molar-refractivity contribution >= 4 is 40.7 Å². The van der Waals surface area contributed by atoms with E-state index in [1.54, 1.807) is 24.3 Å². The molecule has 0 aliphatic rings. The molecule has 2 N–H and O–H groups in total. The largest absolute Gasteiger partial charge is 0.324 e. The van der Waals surface area contributed by atoms with Gasteiger partial charge >= 0.3 is 6.03 Å². The molecule has 1 aromatic heterocycles. The van der Waals surface area contributed by atoms with Gasteiger partial charge in [0.2, 0.25) is 0 Å². The van der Waals surface area contributed by atoms with Gasteiger partial charge in [0.05, 0.1) is 5.56 Å². The maximum absolute atomic E-state index is 11.7. The highest BCUT2D eigenvalue weighted by molar-refractivity contribution is 6.35. The van der Waals surface area contributed by atoms with Crippen LogP contribution in [0, 0.1) is 11.3 Å². The molecule has 0 aliphatic heterocycles. The van der Waals surface area contributed by atoms with E-state index in [1.165, 1.54) is 12.3 Å². The number of nitrogens with one attached hydrogen (secondary N) is 2. The van der Waals surface area contributed by atoms with E-state index in [-0.39, 0.29) is 0 Å². The van der Waals surface area contributed by atoms with Gasteiger partial charge in [-0.25, -0.2) is 9.78 Å². The molecule has 1 aromatic carbocycles. The number of hydrogen-bond donors (Lipinski definition) is 2. The second kappa shape index (κ2) is 6.24. The van der Waals surface area contributed by atoms with Crippen molar-refractivity contribution in [2.75, 3.05) is 10.6 Å². The Morgan fingerprint density at radius 1 is 1.15 bits per heavy atom. The Labute approximate surface area is 125 Å². The molecule has 0 radical (unpaired) electrons. The number of hydrogen-bond acceptors (Lipinski definition) is 3. The molecule has 0 saturated carbocycles. The highest BCUT2D eigenvalue weighted by Crippen LogP contribution is 2.22. The van der Waals surface area contributed by atoms with Crippen LogP contribution < -0.4 is 10.6 Å². The third-order valence-corrected chi connectivity index (χ3v) is 2.69. The highest BCUT2D eigenvalue weighted by Gasteiger charge is 2.05. The standard InChI is InChI=1S/C13H8Cl2N4O/c14-9-3-10(15)5-11(4-9)18-13(20)19-12-2-1-8(6-16)7-17-12/h1-5,7H,(H2,17,18,19,20). The Kier molecular flexibility index (Phi) is 4.41. The molecule has 2 amide bonds. The lowest BCUT2D eigenvalue weighted by Gasteiger charge is -2.07. The number of nitriles is 1. The molecule has 0 unspecified atom stereocenters. The van der Waals surface area contributed by atoms with E-state index < -0.39 is 6.03 Å². The molecular formula is C13H8Cl2N4O. The van der Waals surface area contributed by atoms with Crippen molar-refractivity contribution in [2.45, 2.75) is 0 Å². The van der Waals surface area contributed by atoms with Crippen molar-refractivity contribution in [3.05, 3.63) is 52.1 Å². The van der Waals surface area contributed by atoms with Gasteiger partial charge in [0.15, 0.2) is 0 Å². The van der Waals surface area contributed by atoms with Crippen molar-refractivity contribution in [1.29, 1.82) is 5.26 Å². The second-order valence-electron chi connectivity index (χ2n) is 3.78. The number of anilines is 2. The number of urea groups is 1. The summed E-state index contributed by atoms with van der Waals surface area (Å²) in [5.74, 6) is 0.328. The summed E-state index contributed by atoms with van der Waals surface area (Å²) in [5.41, 5.74) is 0.881. The number of pyridine rings is 1. The Hall–Kier alpha value is -2.29. The van der Waals surface area contributed by atoms with Crippen molar-refractivity contribution in [3.63, 3.8) is 0 Å². The molecule has 1 heterocycles. The van der Waals surface area contributed by atoms with Crippen LogP contribution in [-0.2, 0) is 0 Å². The van der Waals surface area contributed by atoms with E-state index in [9.17, 15) is 4.79 Å². The zero-order valence-electron chi connectivity index (χ0n) is 10.0. The monoisotopic (exact) mass is 306 g/mol. The second-order valence-corrected chi connectivity index (χ2v) is 4.65. The van der Waals surface area contributed by atoms with Gasteiger partial charge in [0, 0.05) is 21.9 Å². The molecule has 2 rings (SSSR count). The summed E-state index contributed by atoms with van der Waals surface area (Å²) in [6, 6.07) is 9.24. The summed E-state index contributed by atoms with van der Waals surface area (Å²) in [5, 5.41) is 14.6. The number of nitrogens with zero attached hydrogens (tertiary/aromatic N) is 2. The molecule has 20 heavy (non-hydrogen) atoms. The van der Waals surface area contributed by atoms with Gasteiger partial charge in [-0.2, -0.15) is 5.26 Å². The van der Waals surface area contributed by atoms with E-state index in [4.69, 9.17) is 28.5 Å². The normalized spacial score (nSPS) is 9.65. The van der Waals surface area contributed by atoms with E-state index in [1.807, 2.05) is 6.07 Å².